The number of nitrogens with two attached hydrogens (primary N) is 2. The number of imidazole rings is 2. The molecule has 3 aliphatic heterocycles. The van der Waals surface area contributed by atoms with Crippen molar-refractivity contribution in [1.82, 2.24) is 39.0 Å². The highest BCUT2D eigenvalue weighted by molar-refractivity contribution is 8.07. The summed E-state index contributed by atoms with van der Waals surface area (Å²) in [5.74, 6) is -0.0859. The molecular formula is C20H23FN10O9P2S2. The number of hydrogen-bond donors (Lipinski definition) is 5. The Labute approximate surface area is 255 Å². The van der Waals surface area contributed by atoms with Gasteiger partial charge in [0, 0.05) is 6.42 Å². The summed E-state index contributed by atoms with van der Waals surface area (Å²) in [4.78, 5) is 57.0. The molecule has 4 aromatic heterocycles. The normalized spacial score (nSPS) is 36.6. The molecule has 24 heteroatoms. The van der Waals surface area contributed by atoms with Gasteiger partial charge in [-0.2, -0.15) is 4.98 Å². The van der Waals surface area contributed by atoms with Gasteiger partial charge in [-0.3, -0.25) is 23.4 Å². The van der Waals surface area contributed by atoms with E-state index in [-0.39, 0.29) is 47.1 Å². The number of H-pyrrole nitrogens is 1. The minimum atomic E-state index is -4.12. The van der Waals surface area contributed by atoms with E-state index in [2.05, 4.69) is 29.9 Å². The lowest BCUT2D eigenvalue weighted by atomic mass is 10.1. The highest BCUT2D eigenvalue weighted by Crippen LogP contribution is 2.54. The molecule has 3 fully saturated rings. The third-order valence-electron chi connectivity index (χ3n) is 7.15. The van der Waals surface area contributed by atoms with Crippen LogP contribution in [0, 0.1) is 0 Å². The number of alkyl halides is 1. The average molecular weight is 693 g/mol. The number of halogens is 1. The van der Waals surface area contributed by atoms with Gasteiger partial charge in [-0.1, -0.05) is 0 Å². The van der Waals surface area contributed by atoms with E-state index in [1.165, 1.54) is 28.1 Å². The van der Waals surface area contributed by atoms with Crippen molar-refractivity contribution < 1.29 is 41.7 Å². The van der Waals surface area contributed by atoms with Gasteiger partial charge in [-0.25, -0.2) is 24.3 Å². The lowest BCUT2D eigenvalue weighted by Crippen LogP contribution is -2.34. The standard InChI is InChI=1S/C20H23FN10O9P2S2/c21-10-13-9(38-19(10)30-5-26-11-14(22)24-4-25-15(11)30)3-36-41(33,43)39-8-1-7(2-35-42(34,44)40-13)37-18(8)31-6-27-12-16(31)28-20(23)29-17(12)32/h4-10,13,18-19H,1-3H2,(H,33,43)(H,34,44)(H2,22,24,25)(H3,23,28,29,32)/t7-,8+,9+,10?,13?,18+,19+,41+,42+/m0/s1. The molecule has 7 N–H and O–H groups in total. The van der Waals surface area contributed by atoms with Crippen LogP contribution >= 0.6 is 13.4 Å². The highest BCUT2D eigenvalue weighted by Gasteiger charge is 2.51. The Morgan fingerprint density at radius 2 is 1.64 bits per heavy atom. The summed E-state index contributed by atoms with van der Waals surface area (Å²) in [6.45, 7) is -9.04. The second kappa shape index (κ2) is 11.0. The van der Waals surface area contributed by atoms with Crippen LogP contribution in [-0.2, 0) is 51.2 Å². The van der Waals surface area contributed by atoms with Gasteiger partial charge in [-0.05, 0) is 23.6 Å². The molecule has 9 atom stereocenters. The van der Waals surface area contributed by atoms with E-state index >= 15 is 4.39 Å². The first-order chi connectivity index (χ1) is 20.9. The van der Waals surface area contributed by atoms with Gasteiger partial charge in [0.1, 0.15) is 30.2 Å². The first-order valence-corrected chi connectivity index (χ1v) is 18.0. The molecule has 0 aromatic carbocycles. The summed E-state index contributed by atoms with van der Waals surface area (Å²) >= 11 is 10.5. The minimum absolute atomic E-state index is 0.0193. The zero-order chi connectivity index (χ0) is 31.0. The number of aromatic amines is 1. The number of nitrogens with one attached hydrogen (secondary N) is 1. The molecule has 44 heavy (non-hydrogen) atoms. The van der Waals surface area contributed by atoms with Crippen LogP contribution in [0.3, 0.4) is 0 Å². The van der Waals surface area contributed by atoms with Gasteiger partial charge in [0.25, 0.3) is 5.56 Å². The molecule has 3 saturated heterocycles. The summed E-state index contributed by atoms with van der Waals surface area (Å²) in [5, 5.41) is 0. The predicted octanol–water partition coefficient (Wildman–Crippen LogP) is -0.102. The average Bonchev–Trinajstić information content (AvgIpc) is 3.72. The zero-order valence-electron chi connectivity index (χ0n) is 22.0. The van der Waals surface area contributed by atoms with Crippen LogP contribution in [0.1, 0.15) is 18.9 Å². The number of nitrogen functional groups attached to an aromatic ring is 2. The van der Waals surface area contributed by atoms with Gasteiger partial charge in [-0.15, -0.1) is 0 Å². The van der Waals surface area contributed by atoms with Crippen LogP contribution < -0.4 is 17.0 Å². The topological polar surface area (TPSA) is 255 Å². The Morgan fingerprint density at radius 1 is 0.932 bits per heavy atom. The molecule has 0 saturated carbocycles. The Kier molecular flexibility index (Phi) is 7.55. The van der Waals surface area contributed by atoms with Crippen LogP contribution in [0.2, 0.25) is 0 Å². The van der Waals surface area contributed by atoms with Crippen molar-refractivity contribution in [2.45, 2.75) is 49.5 Å². The molecule has 3 aliphatic rings. The fourth-order valence-electron chi connectivity index (χ4n) is 5.26. The van der Waals surface area contributed by atoms with Crippen molar-refractivity contribution in [2.75, 3.05) is 24.7 Å². The van der Waals surface area contributed by atoms with Crippen LogP contribution in [-0.4, -0.2) is 92.6 Å². The van der Waals surface area contributed by atoms with Crippen LogP contribution in [0.15, 0.2) is 23.8 Å². The summed E-state index contributed by atoms with van der Waals surface area (Å²) in [7, 11) is 0. The van der Waals surface area contributed by atoms with Crippen molar-refractivity contribution in [1.29, 1.82) is 0 Å². The highest BCUT2D eigenvalue weighted by atomic mass is 32.5. The zero-order valence-corrected chi connectivity index (χ0v) is 25.4. The maximum absolute atomic E-state index is 16.0. The third-order valence-corrected chi connectivity index (χ3v) is 10.3. The molecule has 0 amide bonds. The number of hydrogen-bond acceptors (Lipinski definition) is 16. The van der Waals surface area contributed by atoms with Crippen LogP contribution in [0.5, 0.6) is 0 Å². The van der Waals surface area contributed by atoms with E-state index in [4.69, 9.17) is 62.6 Å². The number of ether oxygens (including phenoxy) is 2. The number of anilines is 2. The summed E-state index contributed by atoms with van der Waals surface area (Å²) in [6.07, 6.45) is -5.14. The van der Waals surface area contributed by atoms with E-state index in [0.29, 0.717) is 0 Å². The van der Waals surface area contributed by atoms with E-state index in [1.54, 1.807) is 0 Å². The van der Waals surface area contributed by atoms with Gasteiger partial charge < -0.3 is 44.3 Å². The molecule has 236 valence electrons. The minimum Gasteiger partial charge on any atom is -0.382 e. The smallest absolute Gasteiger partial charge is 0.325 e. The SMILES string of the molecule is Nc1nc2c(ncn2[C@@H]2O[C@@H]3CO[P@@](O)(=S)OC4C(F)[C@H](n5cnc6c(N)ncnc65)O[C@@H]4CO[P@@](O)(=S)O[C@@H]2C3)c(=O)[nH]1. The van der Waals surface area contributed by atoms with Crippen LogP contribution in [0.25, 0.3) is 22.3 Å². The molecule has 7 heterocycles. The fourth-order valence-corrected chi connectivity index (χ4v) is 8.16. The van der Waals surface area contributed by atoms with Crippen molar-refractivity contribution >= 4 is 71.1 Å². The van der Waals surface area contributed by atoms with Crippen molar-refractivity contribution in [3.8, 4) is 0 Å². The van der Waals surface area contributed by atoms with E-state index < -0.39 is 68.6 Å². The molecule has 0 spiro atoms. The summed E-state index contributed by atoms with van der Waals surface area (Å²) < 4.78 is 53.3. The first-order valence-electron chi connectivity index (χ1n) is 12.8. The van der Waals surface area contributed by atoms with E-state index in [1.807, 2.05) is 0 Å². The fraction of sp³-hybridized carbons (Fsp3) is 0.500. The monoisotopic (exact) mass is 692 g/mol. The number of rotatable bonds is 2. The maximum atomic E-state index is 16.0. The molecular weight excluding hydrogens is 669 g/mol. The Hall–Kier alpha value is -2.59. The van der Waals surface area contributed by atoms with Crippen LogP contribution in [0.4, 0.5) is 16.2 Å². The molecule has 7 rings (SSSR count). The van der Waals surface area contributed by atoms with E-state index in [0.717, 1.165) is 0 Å². The predicted molar refractivity (Wildman–Crippen MR) is 154 cm³/mol. The molecule has 0 aliphatic carbocycles. The molecule has 19 nitrogen and oxygen atoms in total. The van der Waals surface area contributed by atoms with Crippen molar-refractivity contribution in [3.63, 3.8) is 0 Å². The molecule has 2 bridgehead atoms. The Morgan fingerprint density at radius 3 is 2.43 bits per heavy atom. The van der Waals surface area contributed by atoms with E-state index in [9.17, 15) is 14.6 Å². The molecule has 0 radical (unpaired) electrons. The molecule has 2 unspecified atom stereocenters. The van der Waals surface area contributed by atoms with Gasteiger partial charge in [0.05, 0.1) is 32.0 Å². The van der Waals surface area contributed by atoms with Crippen molar-refractivity contribution in [3.05, 3.63) is 29.3 Å². The van der Waals surface area contributed by atoms with Gasteiger partial charge in [0.15, 0.2) is 41.3 Å². The Balaban J connectivity index is 1.19. The second-order valence-corrected chi connectivity index (χ2v) is 15.6. The first kappa shape index (κ1) is 30.1. The number of nitrogens with zero attached hydrogens (tertiary/aromatic N) is 7. The van der Waals surface area contributed by atoms with Gasteiger partial charge >= 0.3 is 13.4 Å². The molecule has 4 aromatic rings. The number of aromatic nitrogens is 8. The quantitative estimate of drug-likeness (QED) is 0.172. The maximum Gasteiger partial charge on any atom is 0.325 e. The third kappa shape index (κ3) is 5.44. The van der Waals surface area contributed by atoms with Crippen molar-refractivity contribution in [2.24, 2.45) is 0 Å². The van der Waals surface area contributed by atoms with Gasteiger partial charge in [0.2, 0.25) is 5.95 Å². The Bertz CT molecular complexity index is 1910. The lowest BCUT2D eigenvalue weighted by Gasteiger charge is -2.27. The summed E-state index contributed by atoms with van der Waals surface area (Å²) in [6, 6.07) is 0. The lowest BCUT2D eigenvalue weighted by molar-refractivity contribution is -0.0597. The number of fused-ring (bicyclic) bond motifs is 5. The second-order valence-electron chi connectivity index (χ2n) is 9.99. The largest absolute Gasteiger partial charge is 0.382 e. The summed E-state index contributed by atoms with van der Waals surface area (Å²) in [5.41, 5.74) is 11.5.